The zero-order valence-electron chi connectivity index (χ0n) is 14.6. The van der Waals surface area contributed by atoms with Gasteiger partial charge < -0.3 is 11.1 Å². The summed E-state index contributed by atoms with van der Waals surface area (Å²) in [6.45, 7) is 4.03. The number of hydrogen-bond acceptors (Lipinski definition) is 5. The Morgan fingerprint density at radius 2 is 1.84 bits per heavy atom. The molecule has 2 rings (SSSR count). The van der Waals surface area contributed by atoms with Gasteiger partial charge in [-0.2, -0.15) is 0 Å². The number of nitrogens with two attached hydrogens (primary N) is 1. The molecule has 1 aromatic rings. The van der Waals surface area contributed by atoms with Crippen molar-refractivity contribution in [2.45, 2.75) is 32.4 Å². The van der Waals surface area contributed by atoms with Gasteiger partial charge in [-0.1, -0.05) is 30.3 Å². The quantitative estimate of drug-likeness (QED) is 0.738. The standard InChI is InChI=1S/C18H26N4O3/c1-14(23)22(12-9-19)18(25)17(24)20-16-7-10-21(11-8-16)13-15-5-3-2-4-6-15/h2-6,16H,7-13,19H2,1H3,(H,20,24). The van der Waals surface area contributed by atoms with Crippen molar-refractivity contribution in [2.75, 3.05) is 26.2 Å². The van der Waals surface area contributed by atoms with Crippen molar-refractivity contribution in [1.29, 1.82) is 0 Å². The van der Waals surface area contributed by atoms with E-state index in [1.165, 1.54) is 12.5 Å². The Labute approximate surface area is 148 Å². The molecule has 7 nitrogen and oxygen atoms in total. The van der Waals surface area contributed by atoms with Gasteiger partial charge in [0, 0.05) is 45.7 Å². The monoisotopic (exact) mass is 346 g/mol. The van der Waals surface area contributed by atoms with Gasteiger partial charge in [-0.25, -0.2) is 0 Å². The van der Waals surface area contributed by atoms with Crippen molar-refractivity contribution in [3.05, 3.63) is 35.9 Å². The van der Waals surface area contributed by atoms with Gasteiger partial charge in [0.1, 0.15) is 0 Å². The minimum atomic E-state index is -0.829. The molecule has 0 spiro atoms. The molecule has 1 aliphatic rings. The van der Waals surface area contributed by atoms with E-state index < -0.39 is 17.7 Å². The fourth-order valence-electron chi connectivity index (χ4n) is 2.98. The molecule has 0 radical (unpaired) electrons. The largest absolute Gasteiger partial charge is 0.345 e. The van der Waals surface area contributed by atoms with E-state index in [1.54, 1.807) is 0 Å². The van der Waals surface area contributed by atoms with Crippen molar-refractivity contribution in [2.24, 2.45) is 5.73 Å². The van der Waals surface area contributed by atoms with E-state index in [-0.39, 0.29) is 19.1 Å². The number of imide groups is 1. The Morgan fingerprint density at radius 1 is 1.20 bits per heavy atom. The predicted octanol–water partition coefficient (Wildman–Crippen LogP) is 0.101. The van der Waals surface area contributed by atoms with Crippen LogP contribution in [0.4, 0.5) is 0 Å². The lowest BCUT2D eigenvalue weighted by Crippen LogP contribution is -2.51. The molecule has 1 heterocycles. The lowest BCUT2D eigenvalue weighted by Gasteiger charge is -2.32. The highest BCUT2D eigenvalue weighted by atomic mass is 16.2. The van der Waals surface area contributed by atoms with Crippen LogP contribution in [0.2, 0.25) is 0 Å². The second kappa shape index (κ2) is 9.29. The summed E-state index contributed by atoms with van der Waals surface area (Å²) in [6, 6.07) is 10.2. The van der Waals surface area contributed by atoms with Crippen molar-refractivity contribution >= 4 is 17.7 Å². The number of piperidine rings is 1. The van der Waals surface area contributed by atoms with Crippen LogP contribution >= 0.6 is 0 Å². The fraction of sp³-hybridized carbons (Fsp3) is 0.500. The molecule has 0 atom stereocenters. The molecule has 0 aromatic heterocycles. The van der Waals surface area contributed by atoms with Gasteiger partial charge in [0.05, 0.1) is 0 Å². The highest BCUT2D eigenvalue weighted by Gasteiger charge is 2.28. The van der Waals surface area contributed by atoms with Crippen LogP contribution in [0.25, 0.3) is 0 Å². The van der Waals surface area contributed by atoms with Crippen LogP contribution in [0.1, 0.15) is 25.3 Å². The molecule has 0 aliphatic carbocycles. The van der Waals surface area contributed by atoms with Gasteiger partial charge >= 0.3 is 11.8 Å². The molecule has 1 saturated heterocycles. The van der Waals surface area contributed by atoms with E-state index >= 15 is 0 Å². The van der Waals surface area contributed by atoms with Crippen LogP contribution in [0.15, 0.2) is 30.3 Å². The van der Waals surface area contributed by atoms with Crippen molar-refractivity contribution in [3.8, 4) is 0 Å². The molecule has 1 fully saturated rings. The number of hydrogen-bond donors (Lipinski definition) is 2. The normalized spacial score (nSPS) is 15.6. The Morgan fingerprint density at radius 3 is 2.40 bits per heavy atom. The number of rotatable bonds is 5. The van der Waals surface area contributed by atoms with Crippen LogP contribution in [-0.4, -0.2) is 59.7 Å². The maximum absolute atomic E-state index is 12.1. The molecule has 0 unspecified atom stereocenters. The van der Waals surface area contributed by atoms with Gasteiger partial charge in [-0.3, -0.25) is 24.2 Å². The van der Waals surface area contributed by atoms with E-state index in [4.69, 9.17) is 5.73 Å². The first-order valence-electron chi connectivity index (χ1n) is 8.60. The average Bonchev–Trinajstić information content (AvgIpc) is 2.61. The zero-order valence-corrected chi connectivity index (χ0v) is 14.6. The smallest absolute Gasteiger partial charge is 0.318 e. The molecule has 1 aliphatic heterocycles. The first kappa shape index (κ1) is 19.1. The van der Waals surface area contributed by atoms with Crippen LogP contribution in [0.3, 0.4) is 0 Å². The van der Waals surface area contributed by atoms with Gasteiger partial charge in [-0.05, 0) is 18.4 Å². The molecule has 0 saturated carbocycles. The summed E-state index contributed by atoms with van der Waals surface area (Å²) in [5, 5.41) is 2.75. The topological polar surface area (TPSA) is 95.7 Å². The maximum atomic E-state index is 12.1. The van der Waals surface area contributed by atoms with Crippen LogP contribution < -0.4 is 11.1 Å². The van der Waals surface area contributed by atoms with Crippen LogP contribution in [-0.2, 0) is 20.9 Å². The molecular weight excluding hydrogens is 320 g/mol. The molecule has 1 aromatic carbocycles. The van der Waals surface area contributed by atoms with Crippen molar-refractivity contribution < 1.29 is 14.4 Å². The first-order valence-corrected chi connectivity index (χ1v) is 8.60. The molecule has 0 bridgehead atoms. The summed E-state index contributed by atoms with van der Waals surface area (Å²) >= 11 is 0. The minimum Gasteiger partial charge on any atom is -0.345 e. The third-order valence-electron chi connectivity index (χ3n) is 4.34. The number of amides is 3. The lowest BCUT2D eigenvalue weighted by molar-refractivity contribution is -0.152. The molecule has 136 valence electrons. The SMILES string of the molecule is CC(=O)N(CCN)C(=O)C(=O)NC1CCN(Cc2ccccc2)CC1. The highest BCUT2D eigenvalue weighted by Crippen LogP contribution is 2.14. The number of carbonyl (C=O) groups is 3. The number of nitrogens with one attached hydrogen (secondary N) is 1. The third-order valence-corrected chi connectivity index (χ3v) is 4.34. The summed E-state index contributed by atoms with van der Waals surface area (Å²) in [6.07, 6.45) is 1.56. The number of likely N-dealkylation sites (tertiary alicyclic amines) is 1. The van der Waals surface area contributed by atoms with Crippen LogP contribution in [0.5, 0.6) is 0 Å². The van der Waals surface area contributed by atoms with E-state index in [1.807, 2.05) is 18.2 Å². The summed E-state index contributed by atoms with van der Waals surface area (Å²) < 4.78 is 0. The second-order valence-electron chi connectivity index (χ2n) is 6.27. The minimum absolute atomic E-state index is 0.0461. The molecular formula is C18H26N4O3. The number of benzene rings is 1. The number of nitrogens with zero attached hydrogens (tertiary/aromatic N) is 2. The van der Waals surface area contributed by atoms with Crippen molar-refractivity contribution in [1.82, 2.24) is 15.1 Å². The maximum Gasteiger partial charge on any atom is 0.318 e. The van der Waals surface area contributed by atoms with Crippen LogP contribution in [0, 0.1) is 0 Å². The number of carbonyl (C=O) groups excluding carboxylic acids is 3. The highest BCUT2D eigenvalue weighted by molar-refractivity contribution is 6.37. The molecule has 3 amide bonds. The Hall–Kier alpha value is -2.25. The third kappa shape index (κ3) is 5.65. The van der Waals surface area contributed by atoms with E-state index in [2.05, 4.69) is 22.3 Å². The zero-order chi connectivity index (χ0) is 18.2. The fourth-order valence-corrected chi connectivity index (χ4v) is 2.98. The van der Waals surface area contributed by atoms with Crippen molar-refractivity contribution in [3.63, 3.8) is 0 Å². The van der Waals surface area contributed by atoms with Gasteiger partial charge in [-0.15, -0.1) is 0 Å². The summed E-state index contributed by atoms with van der Waals surface area (Å²) in [5.41, 5.74) is 6.65. The first-order chi connectivity index (χ1) is 12.0. The molecule has 3 N–H and O–H groups in total. The summed E-state index contributed by atoms with van der Waals surface area (Å²) in [5.74, 6) is -2.03. The Balaban J connectivity index is 1.80. The van der Waals surface area contributed by atoms with Gasteiger partial charge in [0.15, 0.2) is 0 Å². The molecule has 25 heavy (non-hydrogen) atoms. The van der Waals surface area contributed by atoms with Gasteiger partial charge in [0.25, 0.3) is 0 Å². The second-order valence-corrected chi connectivity index (χ2v) is 6.27. The predicted molar refractivity (Wildman–Crippen MR) is 94.3 cm³/mol. The van der Waals surface area contributed by atoms with E-state index in [0.29, 0.717) is 0 Å². The van der Waals surface area contributed by atoms with E-state index in [0.717, 1.165) is 37.4 Å². The van der Waals surface area contributed by atoms with Gasteiger partial charge in [0.2, 0.25) is 5.91 Å². The summed E-state index contributed by atoms with van der Waals surface area (Å²) in [4.78, 5) is 38.8. The lowest BCUT2D eigenvalue weighted by atomic mass is 10.0. The molecule has 7 heteroatoms. The Kier molecular flexibility index (Phi) is 7.09. The summed E-state index contributed by atoms with van der Waals surface area (Å²) in [7, 11) is 0. The average molecular weight is 346 g/mol. The van der Waals surface area contributed by atoms with E-state index in [9.17, 15) is 14.4 Å². The Bertz CT molecular complexity index is 598.